The van der Waals surface area contributed by atoms with E-state index >= 15 is 0 Å². The van der Waals surface area contributed by atoms with Gasteiger partial charge in [0.25, 0.3) is 0 Å². The van der Waals surface area contributed by atoms with E-state index in [0.29, 0.717) is 0 Å². The topological polar surface area (TPSA) is 12.0 Å². The minimum atomic E-state index is 0.770. The molecule has 2 unspecified atom stereocenters. The van der Waals surface area contributed by atoms with Crippen LogP contribution in [0.5, 0.6) is 0 Å². The summed E-state index contributed by atoms with van der Waals surface area (Å²) in [6, 6.07) is 1.54. The Balaban J connectivity index is 3.96. The number of nitrogens with one attached hydrogen (secondary N) is 1. The lowest BCUT2D eigenvalue weighted by Gasteiger charge is -2.26. The minimum absolute atomic E-state index is 0.770. The predicted octanol–water partition coefficient (Wildman–Crippen LogP) is 14.7. The Kier molecular flexibility index (Phi) is 36.1. The second-order valence-electron chi connectivity index (χ2n) is 13.9. The Morgan fingerprint density at radius 2 is 0.439 bits per heavy atom. The SMILES string of the molecule is CCCCCCCCCCCCCCCC(CCCC)NC(CCCC)CCCCCCCCCCCCCCC. The maximum Gasteiger partial charge on any atom is 0.00696 e. The minimum Gasteiger partial charge on any atom is -0.311 e. The molecule has 0 aromatic rings. The number of hydrogen-bond acceptors (Lipinski definition) is 1. The van der Waals surface area contributed by atoms with Crippen molar-refractivity contribution in [1.82, 2.24) is 5.32 Å². The summed E-state index contributed by atoms with van der Waals surface area (Å²) in [5.41, 5.74) is 0. The van der Waals surface area contributed by atoms with E-state index in [1.54, 1.807) is 0 Å². The lowest BCUT2D eigenvalue weighted by Crippen LogP contribution is -2.38. The van der Waals surface area contributed by atoms with Gasteiger partial charge in [0.05, 0.1) is 0 Å². The van der Waals surface area contributed by atoms with E-state index in [9.17, 15) is 0 Å². The third kappa shape index (κ3) is 32.7. The molecule has 0 fully saturated rings. The molecule has 0 bridgehead atoms. The van der Waals surface area contributed by atoms with Crippen LogP contribution in [0.4, 0.5) is 0 Å². The molecule has 0 radical (unpaired) electrons. The van der Waals surface area contributed by atoms with Crippen LogP contribution in [0.3, 0.4) is 0 Å². The van der Waals surface area contributed by atoms with Gasteiger partial charge in [0.2, 0.25) is 0 Å². The van der Waals surface area contributed by atoms with Crippen LogP contribution in [0, 0.1) is 0 Å². The van der Waals surface area contributed by atoms with Gasteiger partial charge >= 0.3 is 0 Å². The molecule has 0 aromatic heterocycles. The van der Waals surface area contributed by atoms with Gasteiger partial charge in [-0.15, -0.1) is 0 Å². The zero-order valence-electron chi connectivity index (χ0n) is 29.7. The van der Waals surface area contributed by atoms with Crippen molar-refractivity contribution in [2.45, 2.75) is 258 Å². The van der Waals surface area contributed by atoms with E-state index < -0.39 is 0 Å². The van der Waals surface area contributed by atoms with Crippen molar-refractivity contribution in [3.8, 4) is 0 Å². The van der Waals surface area contributed by atoms with Gasteiger partial charge in [-0.2, -0.15) is 0 Å². The summed E-state index contributed by atoms with van der Waals surface area (Å²) >= 11 is 0. The Hall–Kier alpha value is -0.0400. The molecular formula is C40H83N. The fourth-order valence-corrected chi connectivity index (χ4v) is 6.67. The number of rotatable bonds is 36. The first-order chi connectivity index (χ1) is 20.3. The summed E-state index contributed by atoms with van der Waals surface area (Å²) in [4.78, 5) is 0. The van der Waals surface area contributed by atoms with Crippen molar-refractivity contribution in [3.05, 3.63) is 0 Å². The molecule has 1 heteroatoms. The molecule has 0 aromatic carbocycles. The molecule has 0 amide bonds. The number of hydrogen-bond donors (Lipinski definition) is 1. The van der Waals surface area contributed by atoms with E-state index in [1.165, 1.54) is 218 Å². The highest BCUT2D eigenvalue weighted by atomic mass is 14.9. The Morgan fingerprint density at radius 3 is 0.683 bits per heavy atom. The van der Waals surface area contributed by atoms with Crippen molar-refractivity contribution >= 4 is 0 Å². The Labute approximate surface area is 263 Å². The Bertz CT molecular complexity index is 406. The molecule has 0 rings (SSSR count). The van der Waals surface area contributed by atoms with E-state index in [-0.39, 0.29) is 0 Å². The van der Waals surface area contributed by atoms with E-state index in [2.05, 4.69) is 33.0 Å². The van der Waals surface area contributed by atoms with Crippen LogP contribution >= 0.6 is 0 Å². The summed E-state index contributed by atoms with van der Waals surface area (Å²) in [5, 5.41) is 4.21. The van der Waals surface area contributed by atoms with E-state index in [0.717, 1.165) is 12.1 Å². The van der Waals surface area contributed by atoms with Gasteiger partial charge in [-0.1, -0.05) is 220 Å². The molecule has 41 heavy (non-hydrogen) atoms. The van der Waals surface area contributed by atoms with Gasteiger partial charge < -0.3 is 5.32 Å². The van der Waals surface area contributed by atoms with Crippen molar-refractivity contribution in [2.24, 2.45) is 0 Å². The molecule has 2 atom stereocenters. The molecule has 1 N–H and O–H groups in total. The van der Waals surface area contributed by atoms with Gasteiger partial charge in [-0.25, -0.2) is 0 Å². The Morgan fingerprint density at radius 1 is 0.244 bits per heavy atom. The third-order valence-corrected chi connectivity index (χ3v) is 9.60. The van der Waals surface area contributed by atoms with Crippen LogP contribution < -0.4 is 5.32 Å². The second-order valence-corrected chi connectivity index (χ2v) is 13.9. The number of unbranched alkanes of at least 4 members (excludes halogenated alkanes) is 26. The lowest BCUT2D eigenvalue weighted by molar-refractivity contribution is 0.333. The first kappa shape index (κ1) is 41.0. The first-order valence-corrected chi connectivity index (χ1v) is 20.0. The van der Waals surface area contributed by atoms with E-state index in [4.69, 9.17) is 0 Å². The molecule has 0 aliphatic carbocycles. The van der Waals surface area contributed by atoms with Crippen molar-refractivity contribution in [3.63, 3.8) is 0 Å². The molecular weight excluding hydrogens is 494 g/mol. The summed E-state index contributed by atoms with van der Waals surface area (Å²) in [6.07, 6.45) is 49.1. The van der Waals surface area contributed by atoms with Crippen LogP contribution in [-0.2, 0) is 0 Å². The van der Waals surface area contributed by atoms with Gasteiger partial charge in [0, 0.05) is 12.1 Å². The molecule has 248 valence electrons. The first-order valence-electron chi connectivity index (χ1n) is 20.0. The van der Waals surface area contributed by atoms with Crippen molar-refractivity contribution in [1.29, 1.82) is 0 Å². The normalized spacial score (nSPS) is 13.2. The zero-order chi connectivity index (χ0) is 29.9. The van der Waals surface area contributed by atoms with Gasteiger partial charge in [-0.3, -0.25) is 0 Å². The van der Waals surface area contributed by atoms with Gasteiger partial charge in [0.15, 0.2) is 0 Å². The zero-order valence-corrected chi connectivity index (χ0v) is 29.7. The molecule has 0 heterocycles. The highest BCUT2D eigenvalue weighted by molar-refractivity contribution is 4.75. The maximum absolute atomic E-state index is 4.21. The largest absolute Gasteiger partial charge is 0.311 e. The van der Waals surface area contributed by atoms with Crippen LogP contribution in [-0.4, -0.2) is 12.1 Å². The molecule has 0 aliphatic heterocycles. The molecule has 0 saturated carbocycles. The highest BCUT2D eigenvalue weighted by Gasteiger charge is 2.15. The standard InChI is InChI=1S/C40H83N/c1-5-9-13-15-17-19-21-23-25-27-29-31-33-37-39(35-11-7-3)41-40(36-12-8-4)38-34-32-30-28-26-24-22-20-18-16-14-10-6-2/h39-41H,5-38H2,1-4H3. The van der Waals surface area contributed by atoms with Gasteiger partial charge in [0.1, 0.15) is 0 Å². The van der Waals surface area contributed by atoms with Gasteiger partial charge in [-0.05, 0) is 25.7 Å². The average molecular weight is 578 g/mol. The van der Waals surface area contributed by atoms with Crippen LogP contribution in [0.15, 0.2) is 0 Å². The van der Waals surface area contributed by atoms with Crippen LogP contribution in [0.2, 0.25) is 0 Å². The summed E-state index contributed by atoms with van der Waals surface area (Å²) < 4.78 is 0. The molecule has 0 aliphatic rings. The molecule has 0 spiro atoms. The summed E-state index contributed by atoms with van der Waals surface area (Å²) in [5.74, 6) is 0. The van der Waals surface area contributed by atoms with Crippen molar-refractivity contribution in [2.75, 3.05) is 0 Å². The lowest BCUT2D eigenvalue weighted by atomic mass is 9.96. The molecule has 0 saturated heterocycles. The monoisotopic (exact) mass is 578 g/mol. The second kappa shape index (κ2) is 36.2. The van der Waals surface area contributed by atoms with E-state index in [1.807, 2.05) is 0 Å². The summed E-state index contributed by atoms with van der Waals surface area (Å²) in [6.45, 7) is 9.36. The fraction of sp³-hybridized carbons (Fsp3) is 1.00. The highest BCUT2D eigenvalue weighted by Crippen LogP contribution is 2.19. The van der Waals surface area contributed by atoms with Crippen LogP contribution in [0.1, 0.15) is 246 Å². The third-order valence-electron chi connectivity index (χ3n) is 9.60. The molecule has 1 nitrogen and oxygen atoms in total. The predicted molar refractivity (Wildman–Crippen MR) is 190 cm³/mol. The average Bonchev–Trinajstić information content (AvgIpc) is 2.98. The fourth-order valence-electron chi connectivity index (χ4n) is 6.67. The van der Waals surface area contributed by atoms with Crippen LogP contribution in [0.25, 0.3) is 0 Å². The smallest absolute Gasteiger partial charge is 0.00696 e. The quantitative estimate of drug-likeness (QED) is 0.0730. The van der Waals surface area contributed by atoms with Crippen molar-refractivity contribution < 1.29 is 0 Å². The maximum atomic E-state index is 4.21. The summed E-state index contributed by atoms with van der Waals surface area (Å²) in [7, 11) is 0.